The number of hydrogen-bond acceptors (Lipinski definition) is 2. The highest BCUT2D eigenvalue weighted by molar-refractivity contribution is 6.09. The van der Waals surface area contributed by atoms with Crippen molar-refractivity contribution in [2.45, 2.75) is 26.7 Å². The third-order valence-corrected chi connectivity index (χ3v) is 7.47. The highest BCUT2D eigenvalue weighted by atomic mass is 16.3. The van der Waals surface area contributed by atoms with Crippen LogP contribution in [0.25, 0.3) is 44.2 Å². The van der Waals surface area contributed by atoms with E-state index in [0.717, 1.165) is 44.4 Å². The number of furan rings is 1. The molecule has 1 heterocycles. The summed E-state index contributed by atoms with van der Waals surface area (Å²) in [5.74, 6) is 0. The maximum atomic E-state index is 6.24. The summed E-state index contributed by atoms with van der Waals surface area (Å²) in [7, 11) is 0. The number of fused-ring (bicyclic) bond motifs is 6. The Kier molecular flexibility index (Phi) is 5.01. The van der Waals surface area contributed by atoms with E-state index in [-0.39, 0.29) is 12.8 Å². The second-order valence-electron chi connectivity index (χ2n) is 9.91. The minimum Gasteiger partial charge on any atom is -0.455 e. The number of nitrogens with one attached hydrogen (secondary N) is 1. The Bertz CT molecular complexity index is 1740. The molecule has 1 aromatic heterocycles. The second kappa shape index (κ2) is 8.13. The van der Waals surface area contributed by atoms with Crippen LogP contribution in [0.5, 0.6) is 0 Å². The van der Waals surface area contributed by atoms with E-state index in [1.807, 2.05) is 12.1 Å². The van der Waals surface area contributed by atoms with Gasteiger partial charge in [0.05, 0.1) is 0 Å². The molecule has 7 rings (SSSR count). The van der Waals surface area contributed by atoms with Crippen LogP contribution in [-0.2, 0) is 5.41 Å². The molecule has 2 heteroatoms. The zero-order valence-electron chi connectivity index (χ0n) is 19.8. The Morgan fingerprint density at radius 1 is 0.583 bits per heavy atom. The summed E-state index contributed by atoms with van der Waals surface area (Å²) < 4.78 is 6.24. The maximum absolute atomic E-state index is 6.24. The van der Waals surface area contributed by atoms with Crippen LogP contribution in [0, 0.1) is 0 Å². The summed E-state index contributed by atoms with van der Waals surface area (Å²) in [5.41, 5.74) is 11.8. The van der Waals surface area contributed by atoms with Gasteiger partial charge in [-0.2, -0.15) is 0 Å². The molecule has 0 radical (unpaired) electrons. The van der Waals surface area contributed by atoms with E-state index < -0.39 is 0 Å². The van der Waals surface area contributed by atoms with Crippen molar-refractivity contribution in [3.05, 3.63) is 120 Å². The first-order valence-corrected chi connectivity index (χ1v) is 12.1. The molecule has 5 aromatic carbocycles. The monoisotopic (exact) mass is 467 g/mol. The van der Waals surface area contributed by atoms with Crippen molar-refractivity contribution < 1.29 is 4.42 Å². The Hall–Kier alpha value is -4.30. The van der Waals surface area contributed by atoms with Crippen molar-refractivity contribution >= 4 is 33.3 Å². The quantitative estimate of drug-likeness (QED) is 0.280. The van der Waals surface area contributed by atoms with Gasteiger partial charge in [0.2, 0.25) is 0 Å². The average Bonchev–Trinajstić information content (AvgIpc) is 3.38. The molecule has 0 spiro atoms. The minimum absolute atomic E-state index is 0. The van der Waals surface area contributed by atoms with E-state index in [1.54, 1.807) is 0 Å². The zero-order valence-corrected chi connectivity index (χ0v) is 19.8. The summed E-state index contributed by atoms with van der Waals surface area (Å²) in [6.07, 6.45) is 0. The van der Waals surface area contributed by atoms with Gasteiger partial charge < -0.3 is 9.73 Å². The van der Waals surface area contributed by atoms with Crippen LogP contribution in [0.2, 0.25) is 0 Å². The van der Waals surface area contributed by atoms with Crippen LogP contribution in [0.4, 0.5) is 11.4 Å². The summed E-state index contributed by atoms with van der Waals surface area (Å²) in [6.45, 7) is 4.63. The fourth-order valence-corrected chi connectivity index (χ4v) is 5.66. The second-order valence-corrected chi connectivity index (χ2v) is 9.91. The molecule has 0 aliphatic heterocycles. The van der Waals surface area contributed by atoms with Crippen LogP contribution in [0.3, 0.4) is 0 Å². The SMILES string of the molecule is C.CC1(C)c2ccccc2-c2ccc(Nc3ccc(-c4cccc5c4oc4ccccc45)cc3)cc21. The Labute approximate surface area is 212 Å². The number of benzene rings is 5. The van der Waals surface area contributed by atoms with E-state index in [0.29, 0.717) is 0 Å². The predicted molar refractivity (Wildman–Crippen MR) is 153 cm³/mol. The highest BCUT2D eigenvalue weighted by Crippen LogP contribution is 2.49. The van der Waals surface area contributed by atoms with Crippen LogP contribution in [-0.4, -0.2) is 0 Å². The molecule has 0 bridgehead atoms. The van der Waals surface area contributed by atoms with Crippen LogP contribution in [0.1, 0.15) is 32.4 Å². The lowest BCUT2D eigenvalue weighted by molar-refractivity contribution is 0.660. The molecule has 1 aliphatic carbocycles. The maximum Gasteiger partial charge on any atom is 0.143 e. The molecule has 176 valence electrons. The molecule has 0 amide bonds. The summed E-state index contributed by atoms with van der Waals surface area (Å²) in [4.78, 5) is 0. The van der Waals surface area contributed by atoms with Gasteiger partial charge in [-0.3, -0.25) is 0 Å². The van der Waals surface area contributed by atoms with Gasteiger partial charge in [-0.25, -0.2) is 0 Å². The lowest BCUT2D eigenvalue weighted by atomic mass is 9.82. The van der Waals surface area contributed by atoms with E-state index in [4.69, 9.17) is 4.42 Å². The van der Waals surface area contributed by atoms with Gasteiger partial charge in [0.25, 0.3) is 0 Å². The lowest BCUT2D eigenvalue weighted by Crippen LogP contribution is -2.15. The number of para-hydroxylation sites is 2. The third-order valence-electron chi connectivity index (χ3n) is 7.47. The van der Waals surface area contributed by atoms with Crippen molar-refractivity contribution in [1.29, 1.82) is 0 Å². The molecule has 6 aromatic rings. The number of rotatable bonds is 3. The molecule has 0 saturated heterocycles. The summed E-state index contributed by atoms with van der Waals surface area (Å²) in [6, 6.07) is 38.7. The topological polar surface area (TPSA) is 25.2 Å². The number of anilines is 2. The van der Waals surface area contributed by atoms with Gasteiger partial charge in [0.1, 0.15) is 11.2 Å². The Balaban J connectivity index is 0.00000240. The minimum atomic E-state index is -0.00125. The molecule has 0 unspecified atom stereocenters. The summed E-state index contributed by atoms with van der Waals surface area (Å²) in [5, 5.41) is 5.92. The first kappa shape index (κ1) is 22.2. The number of hydrogen-bond donors (Lipinski definition) is 1. The smallest absolute Gasteiger partial charge is 0.143 e. The molecular weight excluding hydrogens is 438 g/mol. The Morgan fingerprint density at radius 2 is 1.25 bits per heavy atom. The van der Waals surface area contributed by atoms with E-state index in [1.165, 1.54) is 22.3 Å². The van der Waals surface area contributed by atoms with Gasteiger partial charge >= 0.3 is 0 Å². The molecule has 36 heavy (non-hydrogen) atoms. The molecule has 0 saturated carbocycles. The molecule has 1 aliphatic rings. The molecule has 0 fully saturated rings. The van der Waals surface area contributed by atoms with Crippen molar-refractivity contribution in [2.75, 3.05) is 5.32 Å². The fraction of sp³-hybridized carbons (Fsp3) is 0.118. The van der Waals surface area contributed by atoms with Crippen LogP contribution in [0.15, 0.2) is 114 Å². The van der Waals surface area contributed by atoms with E-state index in [2.05, 4.69) is 116 Å². The zero-order chi connectivity index (χ0) is 23.6. The van der Waals surface area contributed by atoms with Crippen LogP contribution >= 0.6 is 0 Å². The van der Waals surface area contributed by atoms with Gasteiger partial charge in [-0.05, 0) is 58.1 Å². The fourth-order valence-electron chi connectivity index (χ4n) is 5.66. The first-order valence-electron chi connectivity index (χ1n) is 12.1. The highest BCUT2D eigenvalue weighted by Gasteiger charge is 2.35. The van der Waals surface area contributed by atoms with Crippen molar-refractivity contribution in [3.63, 3.8) is 0 Å². The van der Waals surface area contributed by atoms with E-state index in [9.17, 15) is 0 Å². The molecule has 1 N–H and O–H groups in total. The lowest BCUT2D eigenvalue weighted by Gasteiger charge is -2.22. The van der Waals surface area contributed by atoms with Crippen LogP contribution < -0.4 is 5.32 Å². The molecule has 2 nitrogen and oxygen atoms in total. The predicted octanol–water partition coefficient (Wildman–Crippen LogP) is 9.94. The van der Waals surface area contributed by atoms with Gasteiger partial charge in [-0.15, -0.1) is 0 Å². The van der Waals surface area contributed by atoms with Crippen molar-refractivity contribution in [2.24, 2.45) is 0 Å². The van der Waals surface area contributed by atoms with E-state index >= 15 is 0 Å². The average molecular weight is 468 g/mol. The first-order chi connectivity index (χ1) is 17.1. The third kappa shape index (κ3) is 3.25. The standard InChI is InChI=1S/C33H25NO.CH4/c1-33(2)29-12-5-3-8-25(29)26-19-18-23(20-30(26)33)34-22-16-14-21(15-17-22)24-10-7-11-28-27-9-4-6-13-31(27)35-32(24)28;/h3-20,34H,1-2H3;1H4. The van der Waals surface area contributed by atoms with Gasteiger partial charge in [0, 0.05) is 33.1 Å². The largest absolute Gasteiger partial charge is 0.455 e. The Morgan fingerprint density at radius 3 is 2.11 bits per heavy atom. The van der Waals surface area contributed by atoms with Crippen molar-refractivity contribution in [3.8, 4) is 22.3 Å². The molecular formula is C34H29NO. The summed E-state index contributed by atoms with van der Waals surface area (Å²) >= 11 is 0. The van der Waals surface area contributed by atoms with Crippen molar-refractivity contribution in [1.82, 2.24) is 0 Å². The van der Waals surface area contributed by atoms with Gasteiger partial charge in [-0.1, -0.05) is 100 Å². The normalized spacial score (nSPS) is 13.3. The van der Waals surface area contributed by atoms with Gasteiger partial charge in [0.15, 0.2) is 0 Å². The molecule has 0 atom stereocenters.